The summed E-state index contributed by atoms with van der Waals surface area (Å²) in [6, 6.07) is 11.7. The van der Waals surface area contributed by atoms with Crippen LogP contribution in [-0.4, -0.2) is 45.0 Å². The second-order valence-electron chi connectivity index (χ2n) is 6.72. The van der Waals surface area contributed by atoms with E-state index in [1.807, 2.05) is 43.3 Å². The van der Waals surface area contributed by atoms with E-state index in [4.69, 9.17) is 9.47 Å². The van der Waals surface area contributed by atoms with E-state index in [0.29, 0.717) is 26.2 Å². The molecule has 0 radical (unpaired) electrons. The summed E-state index contributed by atoms with van der Waals surface area (Å²) in [5.41, 5.74) is 3.16. The standard InChI is InChI=1S/C20H26N2O4S/c1-3-27(23,24)22-20-10-12-25-13-17(20)14-26-18-8-6-16(7-9-18)19-5-4-11-21-15(19)2/h4-9,11,17,20,22H,3,10,12-14H2,1-2H3/t17-,20+/m1/s1. The SMILES string of the molecule is CCS(=O)(=O)N[C@H]1CCOC[C@@H]1COc1ccc(-c2cccnc2C)cc1. The normalized spacial score (nSPS) is 20.4. The maximum Gasteiger partial charge on any atom is 0.211 e. The highest BCUT2D eigenvalue weighted by Crippen LogP contribution is 2.25. The van der Waals surface area contributed by atoms with E-state index in [1.165, 1.54) is 0 Å². The van der Waals surface area contributed by atoms with Gasteiger partial charge in [0.2, 0.25) is 10.0 Å². The summed E-state index contributed by atoms with van der Waals surface area (Å²) in [7, 11) is -3.24. The van der Waals surface area contributed by atoms with Crippen molar-refractivity contribution in [2.45, 2.75) is 26.3 Å². The van der Waals surface area contributed by atoms with Crippen molar-refractivity contribution in [3.63, 3.8) is 0 Å². The number of aromatic nitrogens is 1. The Morgan fingerprint density at radius 1 is 1.26 bits per heavy atom. The highest BCUT2D eigenvalue weighted by Gasteiger charge is 2.29. The molecule has 0 aliphatic carbocycles. The first-order chi connectivity index (χ1) is 13.0. The van der Waals surface area contributed by atoms with E-state index < -0.39 is 10.0 Å². The Kier molecular flexibility index (Phi) is 6.46. The number of aryl methyl sites for hydroxylation is 1. The number of ether oxygens (including phenoxy) is 2. The highest BCUT2D eigenvalue weighted by molar-refractivity contribution is 7.89. The molecule has 7 heteroatoms. The second kappa shape index (κ2) is 8.82. The molecule has 1 aromatic carbocycles. The van der Waals surface area contributed by atoms with E-state index in [-0.39, 0.29) is 17.7 Å². The van der Waals surface area contributed by atoms with Gasteiger partial charge in [-0.1, -0.05) is 18.2 Å². The molecule has 2 aromatic rings. The van der Waals surface area contributed by atoms with Crippen molar-refractivity contribution in [2.75, 3.05) is 25.6 Å². The summed E-state index contributed by atoms with van der Waals surface area (Å²) in [6.07, 6.45) is 2.44. The van der Waals surface area contributed by atoms with Crippen LogP contribution in [0, 0.1) is 12.8 Å². The first-order valence-electron chi connectivity index (χ1n) is 9.21. The fraction of sp³-hybridized carbons (Fsp3) is 0.450. The molecule has 3 rings (SSSR count). The Morgan fingerprint density at radius 3 is 2.74 bits per heavy atom. The Labute approximate surface area is 161 Å². The molecule has 1 aliphatic heterocycles. The minimum absolute atomic E-state index is 0.0136. The molecule has 0 bridgehead atoms. The monoisotopic (exact) mass is 390 g/mol. The molecular formula is C20H26N2O4S. The molecule has 6 nitrogen and oxygen atoms in total. The van der Waals surface area contributed by atoms with E-state index >= 15 is 0 Å². The quantitative estimate of drug-likeness (QED) is 0.787. The topological polar surface area (TPSA) is 77.5 Å². The Morgan fingerprint density at radius 2 is 2.04 bits per heavy atom. The van der Waals surface area contributed by atoms with Gasteiger partial charge in [0.15, 0.2) is 0 Å². The van der Waals surface area contributed by atoms with Crippen molar-refractivity contribution in [3.05, 3.63) is 48.3 Å². The zero-order valence-electron chi connectivity index (χ0n) is 15.7. The molecule has 146 valence electrons. The first kappa shape index (κ1) is 19.8. The lowest BCUT2D eigenvalue weighted by molar-refractivity contribution is 0.0186. The van der Waals surface area contributed by atoms with Gasteiger partial charge in [0.25, 0.3) is 0 Å². The van der Waals surface area contributed by atoms with Crippen molar-refractivity contribution >= 4 is 10.0 Å². The maximum absolute atomic E-state index is 11.9. The second-order valence-corrected chi connectivity index (χ2v) is 8.77. The fourth-order valence-corrected chi connectivity index (χ4v) is 4.09. The third-order valence-corrected chi connectivity index (χ3v) is 6.24. The lowest BCUT2D eigenvalue weighted by Gasteiger charge is -2.31. The molecule has 0 unspecified atom stereocenters. The van der Waals surface area contributed by atoms with Crippen LogP contribution in [0.25, 0.3) is 11.1 Å². The number of sulfonamides is 1. The smallest absolute Gasteiger partial charge is 0.211 e. The first-order valence-corrected chi connectivity index (χ1v) is 10.9. The lowest BCUT2D eigenvalue weighted by atomic mass is 9.98. The summed E-state index contributed by atoms with van der Waals surface area (Å²) in [5.74, 6) is 0.816. The van der Waals surface area contributed by atoms with Crippen molar-refractivity contribution in [2.24, 2.45) is 5.92 Å². The van der Waals surface area contributed by atoms with Crippen LogP contribution in [0.5, 0.6) is 5.75 Å². The van der Waals surface area contributed by atoms with Crippen LogP contribution in [0.1, 0.15) is 19.0 Å². The molecule has 27 heavy (non-hydrogen) atoms. The molecule has 1 fully saturated rings. The van der Waals surface area contributed by atoms with Crippen molar-refractivity contribution in [1.29, 1.82) is 0 Å². The zero-order valence-corrected chi connectivity index (χ0v) is 16.5. The summed E-state index contributed by atoms with van der Waals surface area (Å²) < 4.78 is 38.0. The van der Waals surface area contributed by atoms with Gasteiger partial charge in [-0.05, 0) is 44.0 Å². The van der Waals surface area contributed by atoms with Crippen LogP contribution in [0.15, 0.2) is 42.6 Å². The minimum atomic E-state index is -3.24. The van der Waals surface area contributed by atoms with Crippen molar-refractivity contribution in [1.82, 2.24) is 9.71 Å². The van der Waals surface area contributed by atoms with Crippen LogP contribution >= 0.6 is 0 Å². The molecule has 1 saturated heterocycles. The Bertz CT molecular complexity index is 853. The van der Waals surface area contributed by atoms with Crippen LogP contribution < -0.4 is 9.46 Å². The van der Waals surface area contributed by atoms with E-state index in [0.717, 1.165) is 22.6 Å². The number of nitrogens with zero attached hydrogens (tertiary/aromatic N) is 1. The Hall–Kier alpha value is -1.96. The third kappa shape index (κ3) is 5.28. The highest BCUT2D eigenvalue weighted by atomic mass is 32.2. The minimum Gasteiger partial charge on any atom is -0.493 e. The van der Waals surface area contributed by atoms with Gasteiger partial charge >= 0.3 is 0 Å². The molecule has 2 atom stereocenters. The number of benzene rings is 1. The summed E-state index contributed by atoms with van der Waals surface area (Å²) in [6.45, 7) is 5.08. The maximum atomic E-state index is 11.9. The number of nitrogens with one attached hydrogen (secondary N) is 1. The van der Waals surface area contributed by atoms with Gasteiger partial charge in [-0.3, -0.25) is 4.98 Å². The van der Waals surface area contributed by atoms with Crippen LogP contribution in [0.2, 0.25) is 0 Å². The van der Waals surface area contributed by atoms with Crippen molar-refractivity contribution in [3.8, 4) is 16.9 Å². The molecule has 0 spiro atoms. The summed E-state index contributed by atoms with van der Waals surface area (Å²) in [5, 5.41) is 0. The number of hydrogen-bond acceptors (Lipinski definition) is 5. The molecule has 0 amide bonds. The largest absolute Gasteiger partial charge is 0.493 e. The van der Waals surface area contributed by atoms with Gasteiger partial charge in [0.05, 0.1) is 19.0 Å². The molecule has 1 N–H and O–H groups in total. The van der Waals surface area contributed by atoms with Crippen LogP contribution in [0.4, 0.5) is 0 Å². The van der Waals surface area contributed by atoms with Gasteiger partial charge in [-0.25, -0.2) is 13.1 Å². The number of pyridine rings is 1. The van der Waals surface area contributed by atoms with E-state index in [9.17, 15) is 8.42 Å². The molecule has 0 saturated carbocycles. The van der Waals surface area contributed by atoms with Crippen molar-refractivity contribution < 1.29 is 17.9 Å². The average Bonchev–Trinajstić information content (AvgIpc) is 2.68. The molecular weight excluding hydrogens is 364 g/mol. The predicted octanol–water partition coefficient (Wildman–Crippen LogP) is 2.78. The van der Waals surface area contributed by atoms with Gasteiger partial charge in [-0.15, -0.1) is 0 Å². The average molecular weight is 391 g/mol. The van der Waals surface area contributed by atoms with Gasteiger partial charge in [0.1, 0.15) is 5.75 Å². The predicted molar refractivity (Wildman–Crippen MR) is 105 cm³/mol. The number of rotatable bonds is 7. The summed E-state index contributed by atoms with van der Waals surface area (Å²) in [4.78, 5) is 4.32. The zero-order chi connectivity index (χ0) is 19.3. The van der Waals surface area contributed by atoms with Crippen LogP contribution in [0.3, 0.4) is 0 Å². The van der Waals surface area contributed by atoms with E-state index in [1.54, 1.807) is 13.1 Å². The van der Waals surface area contributed by atoms with Gasteiger partial charge in [-0.2, -0.15) is 0 Å². The Balaban J connectivity index is 1.62. The fourth-order valence-electron chi connectivity index (χ4n) is 3.15. The summed E-state index contributed by atoms with van der Waals surface area (Å²) >= 11 is 0. The van der Waals surface area contributed by atoms with Crippen LogP contribution in [-0.2, 0) is 14.8 Å². The lowest BCUT2D eigenvalue weighted by Crippen LogP contribution is -2.47. The molecule has 1 aliphatic rings. The molecule has 2 heterocycles. The van der Waals surface area contributed by atoms with Gasteiger partial charge in [0, 0.05) is 36.0 Å². The number of hydrogen-bond donors (Lipinski definition) is 1. The molecule has 1 aromatic heterocycles. The third-order valence-electron chi connectivity index (χ3n) is 4.82. The van der Waals surface area contributed by atoms with Gasteiger partial charge < -0.3 is 9.47 Å². The van der Waals surface area contributed by atoms with E-state index in [2.05, 4.69) is 9.71 Å².